The Morgan fingerprint density at radius 2 is 1.90 bits per heavy atom. The molecule has 0 saturated heterocycles. The standard InChI is InChI=1S/C8H18O2/c1-3-8(6-10)7(2)4-5-9/h7-10H,3-6H2,1-2H3. The lowest BCUT2D eigenvalue weighted by Gasteiger charge is -2.18. The highest BCUT2D eigenvalue weighted by Crippen LogP contribution is 2.17. The predicted octanol–water partition coefficient (Wildman–Crippen LogP) is 1.02. The maximum absolute atomic E-state index is 8.84. The average molecular weight is 146 g/mol. The van der Waals surface area contributed by atoms with Gasteiger partial charge in [-0.15, -0.1) is 0 Å². The van der Waals surface area contributed by atoms with Crippen molar-refractivity contribution in [3.05, 3.63) is 0 Å². The summed E-state index contributed by atoms with van der Waals surface area (Å²) in [4.78, 5) is 0. The lowest BCUT2D eigenvalue weighted by Crippen LogP contribution is -2.15. The van der Waals surface area contributed by atoms with Gasteiger partial charge in [-0.3, -0.25) is 0 Å². The Labute approximate surface area is 62.9 Å². The van der Waals surface area contributed by atoms with Crippen molar-refractivity contribution >= 4 is 0 Å². The first-order valence-corrected chi connectivity index (χ1v) is 3.97. The minimum Gasteiger partial charge on any atom is -0.396 e. The van der Waals surface area contributed by atoms with E-state index in [4.69, 9.17) is 10.2 Å². The van der Waals surface area contributed by atoms with Crippen molar-refractivity contribution in [1.82, 2.24) is 0 Å². The summed E-state index contributed by atoms with van der Waals surface area (Å²) < 4.78 is 0. The highest BCUT2D eigenvalue weighted by atomic mass is 16.3. The van der Waals surface area contributed by atoms with Crippen LogP contribution in [0.25, 0.3) is 0 Å². The van der Waals surface area contributed by atoms with Gasteiger partial charge in [-0.1, -0.05) is 20.3 Å². The fraction of sp³-hybridized carbons (Fsp3) is 1.00. The zero-order valence-corrected chi connectivity index (χ0v) is 6.88. The summed E-state index contributed by atoms with van der Waals surface area (Å²) in [5, 5.41) is 17.4. The third-order valence-corrected chi connectivity index (χ3v) is 2.15. The molecule has 0 aromatic rings. The van der Waals surface area contributed by atoms with Gasteiger partial charge >= 0.3 is 0 Å². The van der Waals surface area contributed by atoms with Crippen LogP contribution in [0.4, 0.5) is 0 Å². The quantitative estimate of drug-likeness (QED) is 0.608. The van der Waals surface area contributed by atoms with Gasteiger partial charge in [-0.05, 0) is 18.3 Å². The molecule has 2 N–H and O–H groups in total. The van der Waals surface area contributed by atoms with Crippen molar-refractivity contribution in [2.45, 2.75) is 26.7 Å². The monoisotopic (exact) mass is 146 g/mol. The lowest BCUT2D eigenvalue weighted by atomic mass is 9.90. The van der Waals surface area contributed by atoms with Crippen LogP contribution in [-0.4, -0.2) is 23.4 Å². The number of hydrogen-bond donors (Lipinski definition) is 2. The summed E-state index contributed by atoms with van der Waals surface area (Å²) in [6, 6.07) is 0. The SMILES string of the molecule is CCC(CO)C(C)CCO. The fourth-order valence-corrected chi connectivity index (χ4v) is 1.15. The molecule has 2 nitrogen and oxygen atoms in total. The van der Waals surface area contributed by atoms with Crippen LogP contribution in [0.3, 0.4) is 0 Å². The van der Waals surface area contributed by atoms with Gasteiger partial charge in [0.15, 0.2) is 0 Å². The Balaban J connectivity index is 3.53. The maximum Gasteiger partial charge on any atom is 0.0461 e. The largest absolute Gasteiger partial charge is 0.396 e. The highest BCUT2D eigenvalue weighted by molar-refractivity contribution is 4.62. The van der Waals surface area contributed by atoms with E-state index in [2.05, 4.69) is 13.8 Å². The molecule has 0 amide bonds. The molecule has 0 aliphatic heterocycles. The van der Waals surface area contributed by atoms with Crippen LogP contribution in [0, 0.1) is 11.8 Å². The third kappa shape index (κ3) is 3.18. The predicted molar refractivity (Wildman–Crippen MR) is 41.7 cm³/mol. The van der Waals surface area contributed by atoms with Crippen molar-refractivity contribution in [3.8, 4) is 0 Å². The van der Waals surface area contributed by atoms with Crippen LogP contribution in [0.5, 0.6) is 0 Å². The molecule has 0 aromatic heterocycles. The minimum absolute atomic E-state index is 0.234. The van der Waals surface area contributed by atoms with Crippen LogP contribution < -0.4 is 0 Å². The van der Waals surface area contributed by atoms with Crippen molar-refractivity contribution < 1.29 is 10.2 Å². The van der Waals surface area contributed by atoms with Crippen molar-refractivity contribution in [2.75, 3.05) is 13.2 Å². The summed E-state index contributed by atoms with van der Waals surface area (Å²) in [5.41, 5.74) is 0. The van der Waals surface area contributed by atoms with E-state index in [1.807, 2.05) is 0 Å². The van der Waals surface area contributed by atoms with Crippen LogP contribution >= 0.6 is 0 Å². The van der Waals surface area contributed by atoms with Crippen LogP contribution in [-0.2, 0) is 0 Å². The fourth-order valence-electron chi connectivity index (χ4n) is 1.15. The molecular formula is C8H18O2. The second-order valence-electron chi connectivity index (χ2n) is 2.84. The molecule has 0 aromatic carbocycles. The molecule has 2 unspecified atom stereocenters. The van der Waals surface area contributed by atoms with Gasteiger partial charge in [0.25, 0.3) is 0 Å². The number of rotatable bonds is 5. The molecule has 2 heteroatoms. The Morgan fingerprint density at radius 3 is 2.20 bits per heavy atom. The summed E-state index contributed by atoms with van der Waals surface area (Å²) in [5.74, 6) is 0.812. The first-order valence-electron chi connectivity index (χ1n) is 3.97. The zero-order chi connectivity index (χ0) is 7.98. The van der Waals surface area contributed by atoms with E-state index in [9.17, 15) is 0 Å². The van der Waals surface area contributed by atoms with E-state index < -0.39 is 0 Å². The third-order valence-electron chi connectivity index (χ3n) is 2.15. The van der Waals surface area contributed by atoms with E-state index in [0.29, 0.717) is 11.8 Å². The summed E-state index contributed by atoms with van der Waals surface area (Å²) in [7, 11) is 0. The van der Waals surface area contributed by atoms with Crippen LogP contribution in [0.2, 0.25) is 0 Å². The molecule has 2 atom stereocenters. The van der Waals surface area contributed by atoms with Gasteiger partial charge in [0.05, 0.1) is 0 Å². The lowest BCUT2D eigenvalue weighted by molar-refractivity contribution is 0.154. The number of aliphatic hydroxyl groups is 2. The van der Waals surface area contributed by atoms with E-state index in [0.717, 1.165) is 12.8 Å². The molecule has 0 radical (unpaired) electrons. The molecule has 0 spiro atoms. The molecular weight excluding hydrogens is 128 g/mol. The molecule has 0 aliphatic rings. The second-order valence-corrected chi connectivity index (χ2v) is 2.84. The summed E-state index contributed by atoms with van der Waals surface area (Å²) in [6.07, 6.45) is 1.80. The minimum atomic E-state index is 0.234. The molecule has 0 aliphatic carbocycles. The first kappa shape index (κ1) is 9.92. The van der Waals surface area contributed by atoms with Gasteiger partial charge in [0.1, 0.15) is 0 Å². The van der Waals surface area contributed by atoms with Crippen LogP contribution in [0.15, 0.2) is 0 Å². The van der Waals surface area contributed by atoms with E-state index >= 15 is 0 Å². The molecule has 0 heterocycles. The molecule has 10 heavy (non-hydrogen) atoms. The number of aliphatic hydroxyl groups excluding tert-OH is 2. The Morgan fingerprint density at radius 1 is 1.30 bits per heavy atom. The first-order chi connectivity index (χ1) is 4.76. The Kier molecular flexibility index (Phi) is 5.64. The van der Waals surface area contributed by atoms with E-state index in [1.54, 1.807) is 0 Å². The van der Waals surface area contributed by atoms with Crippen molar-refractivity contribution in [2.24, 2.45) is 11.8 Å². The molecule has 0 fully saturated rings. The van der Waals surface area contributed by atoms with E-state index in [-0.39, 0.29) is 13.2 Å². The normalized spacial score (nSPS) is 16.8. The molecule has 0 rings (SSSR count). The molecule has 62 valence electrons. The van der Waals surface area contributed by atoms with Gasteiger partial charge in [-0.2, -0.15) is 0 Å². The van der Waals surface area contributed by atoms with Gasteiger partial charge in [0, 0.05) is 13.2 Å². The Bertz CT molecular complexity index is 69.7. The molecule has 0 bridgehead atoms. The highest BCUT2D eigenvalue weighted by Gasteiger charge is 2.12. The van der Waals surface area contributed by atoms with Crippen molar-refractivity contribution in [1.29, 1.82) is 0 Å². The maximum atomic E-state index is 8.84. The average Bonchev–Trinajstić information content (AvgIpc) is 1.91. The zero-order valence-electron chi connectivity index (χ0n) is 6.88. The van der Waals surface area contributed by atoms with Gasteiger partial charge < -0.3 is 10.2 Å². The second kappa shape index (κ2) is 5.69. The summed E-state index contributed by atoms with van der Waals surface area (Å²) >= 11 is 0. The summed E-state index contributed by atoms with van der Waals surface area (Å²) in [6.45, 7) is 4.62. The number of hydrogen-bond acceptors (Lipinski definition) is 2. The topological polar surface area (TPSA) is 40.5 Å². The van der Waals surface area contributed by atoms with E-state index in [1.165, 1.54) is 0 Å². The van der Waals surface area contributed by atoms with Gasteiger partial charge in [-0.25, -0.2) is 0 Å². The molecule has 0 saturated carbocycles. The van der Waals surface area contributed by atoms with Crippen molar-refractivity contribution in [3.63, 3.8) is 0 Å². The van der Waals surface area contributed by atoms with Crippen LogP contribution in [0.1, 0.15) is 26.7 Å². The Hall–Kier alpha value is -0.0800. The smallest absolute Gasteiger partial charge is 0.0461 e. The van der Waals surface area contributed by atoms with Gasteiger partial charge in [0.2, 0.25) is 0 Å².